The molecule has 1 heterocycles. The summed E-state index contributed by atoms with van der Waals surface area (Å²) in [6.45, 7) is 0. The van der Waals surface area contributed by atoms with Crippen molar-refractivity contribution in [3.05, 3.63) is 88.2 Å². The lowest BCUT2D eigenvalue weighted by Gasteiger charge is -2.26. The van der Waals surface area contributed by atoms with Crippen LogP contribution >= 0.6 is 0 Å². The van der Waals surface area contributed by atoms with Crippen molar-refractivity contribution >= 4 is 28.5 Å². The minimum absolute atomic E-state index is 0.148. The molecular formula is C29H29N3O5. The first-order valence-electron chi connectivity index (χ1n) is 12.4. The minimum atomic E-state index is -0.530. The Morgan fingerprint density at radius 2 is 1.68 bits per heavy atom. The summed E-state index contributed by atoms with van der Waals surface area (Å²) in [6.07, 6.45) is 5.50. The monoisotopic (exact) mass is 499 g/mol. The normalized spacial score (nSPS) is 13.9. The Labute approximate surface area is 214 Å². The van der Waals surface area contributed by atoms with Gasteiger partial charge in [-0.2, -0.15) is 0 Å². The molecular weight excluding hydrogens is 470 g/mol. The van der Waals surface area contributed by atoms with Gasteiger partial charge < -0.3 is 14.8 Å². The number of para-hydroxylation sites is 1. The molecule has 0 aliphatic heterocycles. The molecule has 1 amide bonds. The third-order valence-corrected chi connectivity index (χ3v) is 6.93. The fourth-order valence-corrected chi connectivity index (χ4v) is 5.12. The standard InChI is InChI=1S/C29H29N3O5/c1-36-26-18-20(14-15-23(26)29(35)37-2)30-27(33)19-13-16-25-24(17-19)28(34)32(22-11-7-4-8-12-22)31(25)21-9-5-3-6-10-21/h4,7-8,11-18,21H,3,5-6,9-10H2,1-2H3,(H,30,33). The van der Waals surface area contributed by atoms with Crippen molar-refractivity contribution in [1.29, 1.82) is 0 Å². The average molecular weight is 500 g/mol. The highest BCUT2D eigenvalue weighted by Gasteiger charge is 2.24. The number of hydrogen-bond acceptors (Lipinski definition) is 5. The number of methoxy groups -OCH3 is 2. The number of carbonyl (C=O) groups excluding carboxylic acids is 2. The summed E-state index contributed by atoms with van der Waals surface area (Å²) in [6, 6.07) is 19.8. The second kappa shape index (κ2) is 10.3. The van der Waals surface area contributed by atoms with Gasteiger partial charge in [0.1, 0.15) is 11.3 Å². The molecule has 0 unspecified atom stereocenters. The second-order valence-corrected chi connectivity index (χ2v) is 9.18. The number of nitrogens with one attached hydrogen (secondary N) is 1. The molecule has 0 saturated heterocycles. The molecule has 8 nitrogen and oxygen atoms in total. The molecule has 0 spiro atoms. The Bertz CT molecular complexity index is 1510. The van der Waals surface area contributed by atoms with Gasteiger partial charge in [0.15, 0.2) is 0 Å². The van der Waals surface area contributed by atoms with E-state index in [4.69, 9.17) is 9.47 Å². The molecule has 1 saturated carbocycles. The molecule has 1 aromatic heterocycles. The zero-order chi connectivity index (χ0) is 25.9. The number of carbonyl (C=O) groups is 2. The third-order valence-electron chi connectivity index (χ3n) is 6.93. The molecule has 5 rings (SSSR count). The molecule has 0 bridgehead atoms. The molecule has 0 atom stereocenters. The van der Waals surface area contributed by atoms with E-state index in [0.717, 1.165) is 36.9 Å². The van der Waals surface area contributed by atoms with Gasteiger partial charge in [0.25, 0.3) is 11.5 Å². The van der Waals surface area contributed by atoms with Crippen molar-refractivity contribution in [2.75, 3.05) is 19.5 Å². The molecule has 4 aromatic rings. The molecule has 1 fully saturated rings. The van der Waals surface area contributed by atoms with Crippen molar-refractivity contribution in [3.8, 4) is 11.4 Å². The maximum Gasteiger partial charge on any atom is 0.341 e. The zero-order valence-corrected chi connectivity index (χ0v) is 20.9. The molecule has 8 heteroatoms. The molecule has 3 aromatic carbocycles. The summed E-state index contributed by atoms with van der Waals surface area (Å²) in [4.78, 5) is 38.8. The van der Waals surface area contributed by atoms with E-state index in [1.807, 2.05) is 36.4 Å². The van der Waals surface area contributed by atoms with Crippen LogP contribution in [-0.2, 0) is 4.74 Å². The van der Waals surface area contributed by atoms with Crippen LogP contribution in [0.5, 0.6) is 5.75 Å². The fourth-order valence-electron chi connectivity index (χ4n) is 5.12. The highest BCUT2D eigenvalue weighted by molar-refractivity contribution is 6.06. The highest BCUT2D eigenvalue weighted by atomic mass is 16.5. The summed E-state index contributed by atoms with van der Waals surface area (Å²) in [5, 5.41) is 3.33. The van der Waals surface area contributed by atoms with Crippen molar-refractivity contribution < 1.29 is 19.1 Å². The van der Waals surface area contributed by atoms with Crippen LogP contribution in [0.25, 0.3) is 16.6 Å². The topological polar surface area (TPSA) is 91.6 Å². The van der Waals surface area contributed by atoms with Crippen LogP contribution in [0.4, 0.5) is 5.69 Å². The number of amides is 1. The molecule has 1 aliphatic rings. The van der Waals surface area contributed by atoms with E-state index in [-0.39, 0.29) is 28.8 Å². The van der Waals surface area contributed by atoms with E-state index >= 15 is 0 Å². The van der Waals surface area contributed by atoms with Crippen molar-refractivity contribution in [1.82, 2.24) is 9.36 Å². The van der Waals surface area contributed by atoms with E-state index in [2.05, 4.69) is 10.00 Å². The number of aromatic nitrogens is 2. The second-order valence-electron chi connectivity index (χ2n) is 9.18. The fraction of sp³-hybridized carbons (Fsp3) is 0.276. The van der Waals surface area contributed by atoms with Gasteiger partial charge in [-0.1, -0.05) is 37.5 Å². The van der Waals surface area contributed by atoms with E-state index in [9.17, 15) is 14.4 Å². The van der Waals surface area contributed by atoms with Gasteiger partial charge in [0, 0.05) is 17.3 Å². The molecule has 0 radical (unpaired) electrons. The van der Waals surface area contributed by atoms with Crippen LogP contribution in [0.2, 0.25) is 0 Å². The number of hydrogen-bond donors (Lipinski definition) is 1. The lowest BCUT2D eigenvalue weighted by Crippen LogP contribution is -2.25. The summed E-state index contributed by atoms with van der Waals surface area (Å²) in [5.74, 6) is -0.612. The first-order valence-corrected chi connectivity index (χ1v) is 12.4. The van der Waals surface area contributed by atoms with Crippen molar-refractivity contribution in [2.24, 2.45) is 0 Å². The smallest absolute Gasteiger partial charge is 0.341 e. The third kappa shape index (κ3) is 4.62. The molecule has 37 heavy (non-hydrogen) atoms. The van der Waals surface area contributed by atoms with Crippen LogP contribution in [0, 0.1) is 0 Å². The molecule has 1 N–H and O–H groups in total. The maximum absolute atomic E-state index is 13.7. The number of ether oxygens (including phenoxy) is 2. The SMILES string of the molecule is COC(=O)c1ccc(NC(=O)c2ccc3c(c2)c(=O)n(-c2ccccc2)n3C2CCCCC2)cc1OC. The van der Waals surface area contributed by atoms with Crippen molar-refractivity contribution in [3.63, 3.8) is 0 Å². The minimum Gasteiger partial charge on any atom is -0.496 e. The van der Waals surface area contributed by atoms with E-state index in [0.29, 0.717) is 16.6 Å². The predicted octanol–water partition coefficient (Wildman–Crippen LogP) is 5.34. The largest absolute Gasteiger partial charge is 0.496 e. The molecule has 190 valence electrons. The Kier molecular flexibility index (Phi) is 6.81. The van der Waals surface area contributed by atoms with Crippen LogP contribution in [0.3, 0.4) is 0 Å². The van der Waals surface area contributed by atoms with E-state index < -0.39 is 5.97 Å². The van der Waals surface area contributed by atoms with Gasteiger partial charge in [-0.3, -0.25) is 14.3 Å². The summed E-state index contributed by atoms with van der Waals surface area (Å²) < 4.78 is 13.9. The Hall–Kier alpha value is -4.33. The first-order chi connectivity index (χ1) is 18.0. The lowest BCUT2D eigenvalue weighted by atomic mass is 9.95. The van der Waals surface area contributed by atoms with Gasteiger partial charge in [-0.05, 0) is 55.3 Å². The summed E-state index contributed by atoms with van der Waals surface area (Å²) in [7, 11) is 2.73. The highest BCUT2D eigenvalue weighted by Crippen LogP contribution is 2.32. The van der Waals surface area contributed by atoms with Crippen LogP contribution in [-0.4, -0.2) is 35.5 Å². The summed E-state index contributed by atoms with van der Waals surface area (Å²) >= 11 is 0. The van der Waals surface area contributed by atoms with Gasteiger partial charge in [-0.15, -0.1) is 0 Å². The number of nitrogens with zero attached hydrogens (tertiary/aromatic N) is 2. The Morgan fingerprint density at radius 1 is 0.919 bits per heavy atom. The Morgan fingerprint density at radius 3 is 2.38 bits per heavy atom. The quantitative estimate of drug-likeness (QED) is 0.362. The van der Waals surface area contributed by atoms with E-state index in [1.165, 1.54) is 26.7 Å². The van der Waals surface area contributed by atoms with Crippen molar-refractivity contribution in [2.45, 2.75) is 38.1 Å². The maximum atomic E-state index is 13.7. The van der Waals surface area contributed by atoms with Gasteiger partial charge in [0.05, 0.1) is 36.9 Å². The van der Waals surface area contributed by atoms with Gasteiger partial charge in [0.2, 0.25) is 0 Å². The predicted molar refractivity (Wildman–Crippen MR) is 142 cm³/mol. The zero-order valence-electron chi connectivity index (χ0n) is 20.9. The average Bonchev–Trinajstić information content (AvgIpc) is 3.25. The van der Waals surface area contributed by atoms with Crippen LogP contribution < -0.4 is 15.6 Å². The summed E-state index contributed by atoms with van der Waals surface area (Å²) in [5.41, 5.74) is 2.55. The van der Waals surface area contributed by atoms with Gasteiger partial charge >= 0.3 is 5.97 Å². The number of esters is 1. The van der Waals surface area contributed by atoms with E-state index in [1.54, 1.807) is 28.9 Å². The number of rotatable bonds is 6. The Balaban J connectivity index is 1.53. The van der Waals surface area contributed by atoms with Crippen LogP contribution in [0.15, 0.2) is 71.5 Å². The number of benzene rings is 3. The lowest BCUT2D eigenvalue weighted by molar-refractivity contribution is 0.0597. The molecule has 1 aliphatic carbocycles. The van der Waals surface area contributed by atoms with Gasteiger partial charge in [-0.25, -0.2) is 9.48 Å². The number of anilines is 1. The van der Waals surface area contributed by atoms with Crippen LogP contribution in [0.1, 0.15) is 58.9 Å². The number of fused-ring (bicyclic) bond motifs is 1. The first kappa shape index (κ1) is 24.4.